The lowest BCUT2D eigenvalue weighted by Gasteiger charge is -2.31. The van der Waals surface area contributed by atoms with Gasteiger partial charge in [-0.1, -0.05) is 31.9 Å². The van der Waals surface area contributed by atoms with Gasteiger partial charge >= 0.3 is 0 Å². The Morgan fingerprint density at radius 2 is 1.86 bits per heavy atom. The zero-order chi connectivity index (χ0) is 20.7. The van der Waals surface area contributed by atoms with Crippen molar-refractivity contribution in [2.45, 2.75) is 59.0 Å². The Bertz CT molecular complexity index is 844. The van der Waals surface area contributed by atoms with Crippen LogP contribution in [0.3, 0.4) is 0 Å². The fourth-order valence-corrected chi connectivity index (χ4v) is 3.46. The van der Waals surface area contributed by atoms with Gasteiger partial charge < -0.3 is 9.80 Å². The van der Waals surface area contributed by atoms with Gasteiger partial charge in [0.25, 0.3) is 5.56 Å². The average Bonchev–Trinajstić information content (AvgIpc) is 2.68. The molecule has 1 aromatic heterocycles. The van der Waals surface area contributed by atoms with Crippen LogP contribution in [0.15, 0.2) is 29.1 Å². The van der Waals surface area contributed by atoms with Gasteiger partial charge in [0.1, 0.15) is 5.82 Å². The number of hydrogen-bond acceptors (Lipinski definition) is 4. The van der Waals surface area contributed by atoms with E-state index in [9.17, 15) is 9.59 Å². The standard InChI is InChI=1S/C22H34N4O2/c1-6-8-9-14-20(27)26(16-15-24(4)5)17(3)21-23-19-13-11-10-12-18(19)22(28)25(21)7-2/h10-13,17H,6-9,14-16H2,1-5H3. The van der Waals surface area contributed by atoms with Crippen LogP contribution in [0.25, 0.3) is 10.9 Å². The van der Waals surface area contributed by atoms with Crippen LogP contribution in [0.4, 0.5) is 0 Å². The lowest BCUT2D eigenvalue weighted by molar-refractivity contribution is -0.133. The van der Waals surface area contributed by atoms with Crippen LogP contribution in [0.2, 0.25) is 0 Å². The van der Waals surface area contributed by atoms with Gasteiger partial charge in [-0.15, -0.1) is 0 Å². The van der Waals surface area contributed by atoms with Gasteiger partial charge in [0.15, 0.2) is 0 Å². The van der Waals surface area contributed by atoms with Crippen LogP contribution >= 0.6 is 0 Å². The zero-order valence-electron chi connectivity index (χ0n) is 17.9. The molecule has 2 rings (SSSR count). The molecule has 1 atom stereocenters. The molecule has 1 amide bonds. The second kappa shape index (κ2) is 10.4. The highest BCUT2D eigenvalue weighted by Gasteiger charge is 2.25. The molecule has 0 aliphatic rings. The van der Waals surface area contributed by atoms with E-state index in [0.717, 1.165) is 25.8 Å². The second-order valence-electron chi connectivity index (χ2n) is 7.56. The van der Waals surface area contributed by atoms with Crippen molar-refractivity contribution in [1.29, 1.82) is 0 Å². The largest absolute Gasteiger partial charge is 0.332 e. The molecule has 1 aromatic carbocycles. The number of likely N-dealkylation sites (N-methyl/N-ethyl adjacent to an activating group) is 1. The summed E-state index contributed by atoms with van der Waals surface area (Å²) in [4.78, 5) is 34.7. The van der Waals surface area contributed by atoms with Gasteiger partial charge in [-0.3, -0.25) is 14.2 Å². The van der Waals surface area contributed by atoms with Crippen LogP contribution in [0.5, 0.6) is 0 Å². The number of nitrogens with zero attached hydrogens (tertiary/aromatic N) is 4. The molecular weight excluding hydrogens is 352 g/mol. The molecule has 28 heavy (non-hydrogen) atoms. The number of amides is 1. The summed E-state index contributed by atoms with van der Waals surface area (Å²) in [7, 11) is 4.00. The molecule has 154 valence electrons. The van der Waals surface area contributed by atoms with Gasteiger partial charge in [0.05, 0.1) is 16.9 Å². The topological polar surface area (TPSA) is 58.4 Å². The van der Waals surface area contributed by atoms with Gasteiger partial charge in [-0.2, -0.15) is 0 Å². The van der Waals surface area contributed by atoms with E-state index < -0.39 is 0 Å². The summed E-state index contributed by atoms with van der Waals surface area (Å²) in [5.74, 6) is 0.793. The average molecular weight is 387 g/mol. The van der Waals surface area contributed by atoms with Crippen molar-refractivity contribution >= 4 is 16.8 Å². The number of unbranched alkanes of at least 4 members (excludes halogenated alkanes) is 2. The lowest BCUT2D eigenvalue weighted by atomic mass is 10.1. The first-order chi connectivity index (χ1) is 13.4. The number of aromatic nitrogens is 2. The van der Waals surface area contributed by atoms with Gasteiger partial charge in [-0.25, -0.2) is 4.98 Å². The fraction of sp³-hybridized carbons (Fsp3) is 0.591. The van der Waals surface area contributed by atoms with Gasteiger partial charge in [0.2, 0.25) is 5.91 Å². The number of para-hydroxylation sites is 1. The first kappa shape index (κ1) is 22.1. The van der Waals surface area contributed by atoms with E-state index in [1.807, 2.05) is 57.1 Å². The minimum absolute atomic E-state index is 0.0408. The summed E-state index contributed by atoms with van der Waals surface area (Å²) in [5.41, 5.74) is 0.644. The van der Waals surface area contributed by atoms with E-state index in [1.165, 1.54) is 0 Å². The van der Waals surface area contributed by atoms with Crippen LogP contribution in [-0.4, -0.2) is 52.4 Å². The van der Waals surface area contributed by atoms with Crippen molar-refractivity contribution in [3.63, 3.8) is 0 Å². The third kappa shape index (κ3) is 5.19. The number of hydrogen-bond donors (Lipinski definition) is 0. The van der Waals surface area contributed by atoms with E-state index >= 15 is 0 Å². The van der Waals surface area contributed by atoms with Gasteiger partial charge in [0, 0.05) is 26.1 Å². The van der Waals surface area contributed by atoms with Crippen molar-refractivity contribution in [2.75, 3.05) is 27.2 Å². The summed E-state index contributed by atoms with van der Waals surface area (Å²) < 4.78 is 1.70. The number of fused-ring (bicyclic) bond motifs is 1. The molecule has 6 nitrogen and oxygen atoms in total. The third-order valence-electron chi connectivity index (χ3n) is 5.15. The Morgan fingerprint density at radius 1 is 1.14 bits per heavy atom. The van der Waals surface area contributed by atoms with E-state index in [4.69, 9.17) is 4.98 Å². The minimum atomic E-state index is -0.258. The smallest absolute Gasteiger partial charge is 0.261 e. The number of carbonyl (C=O) groups is 1. The molecule has 0 aliphatic heterocycles. The highest BCUT2D eigenvalue weighted by molar-refractivity contribution is 5.78. The van der Waals surface area contributed by atoms with E-state index in [1.54, 1.807) is 4.57 Å². The molecule has 0 saturated carbocycles. The third-order valence-corrected chi connectivity index (χ3v) is 5.15. The summed E-state index contributed by atoms with van der Waals surface area (Å²) in [6, 6.07) is 7.16. The molecular formula is C22H34N4O2. The Labute approximate surface area is 168 Å². The second-order valence-corrected chi connectivity index (χ2v) is 7.56. The predicted molar refractivity (Wildman–Crippen MR) is 115 cm³/mol. The molecule has 0 bridgehead atoms. The van der Waals surface area contributed by atoms with E-state index in [2.05, 4.69) is 11.8 Å². The lowest BCUT2D eigenvalue weighted by Crippen LogP contribution is -2.41. The van der Waals surface area contributed by atoms with Crippen molar-refractivity contribution in [3.8, 4) is 0 Å². The first-order valence-corrected chi connectivity index (χ1v) is 10.3. The van der Waals surface area contributed by atoms with Crippen LogP contribution in [-0.2, 0) is 11.3 Å². The van der Waals surface area contributed by atoms with E-state index in [0.29, 0.717) is 36.2 Å². The van der Waals surface area contributed by atoms with Crippen LogP contribution < -0.4 is 5.56 Å². The predicted octanol–water partition coefficient (Wildman–Crippen LogP) is 3.45. The summed E-state index contributed by atoms with van der Waals surface area (Å²) in [6.07, 6.45) is 3.57. The summed E-state index contributed by atoms with van der Waals surface area (Å²) in [6.45, 7) is 7.98. The maximum absolute atomic E-state index is 13.0. The molecule has 0 aliphatic carbocycles. The molecule has 2 aromatic rings. The SMILES string of the molecule is CCCCCC(=O)N(CCN(C)C)C(C)c1nc2ccccc2c(=O)n1CC. The minimum Gasteiger partial charge on any atom is -0.332 e. The Hall–Kier alpha value is -2.21. The molecule has 1 heterocycles. The number of benzene rings is 1. The maximum atomic E-state index is 13.0. The zero-order valence-corrected chi connectivity index (χ0v) is 17.9. The van der Waals surface area contributed by atoms with E-state index in [-0.39, 0.29) is 17.5 Å². The molecule has 0 fully saturated rings. The van der Waals surface area contributed by atoms with Crippen molar-refractivity contribution in [1.82, 2.24) is 19.4 Å². The summed E-state index contributed by atoms with van der Waals surface area (Å²) in [5, 5.41) is 0.620. The quantitative estimate of drug-likeness (QED) is 0.587. The normalized spacial score (nSPS) is 12.5. The molecule has 0 saturated heterocycles. The Morgan fingerprint density at radius 3 is 2.50 bits per heavy atom. The molecule has 0 radical (unpaired) electrons. The fourth-order valence-electron chi connectivity index (χ4n) is 3.46. The maximum Gasteiger partial charge on any atom is 0.261 e. The Kier molecular flexibility index (Phi) is 8.18. The molecule has 0 N–H and O–H groups in total. The number of rotatable bonds is 10. The molecule has 1 unspecified atom stereocenters. The van der Waals surface area contributed by atoms with Crippen molar-refractivity contribution < 1.29 is 4.79 Å². The summed E-state index contributed by atoms with van der Waals surface area (Å²) >= 11 is 0. The number of carbonyl (C=O) groups excluding carboxylic acids is 1. The van der Waals surface area contributed by atoms with Crippen molar-refractivity contribution in [3.05, 3.63) is 40.4 Å². The first-order valence-electron chi connectivity index (χ1n) is 10.3. The van der Waals surface area contributed by atoms with Gasteiger partial charge in [-0.05, 0) is 46.5 Å². The monoisotopic (exact) mass is 386 g/mol. The van der Waals surface area contributed by atoms with Crippen LogP contribution in [0.1, 0.15) is 58.3 Å². The van der Waals surface area contributed by atoms with Crippen LogP contribution in [0, 0.1) is 0 Å². The molecule has 0 spiro atoms. The highest BCUT2D eigenvalue weighted by Crippen LogP contribution is 2.21. The highest BCUT2D eigenvalue weighted by atomic mass is 16.2. The molecule has 6 heteroatoms. The van der Waals surface area contributed by atoms with Crippen molar-refractivity contribution in [2.24, 2.45) is 0 Å². The Balaban J connectivity index is 2.42.